The third-order valence-corrected chi connectivity index (χ3v) is 4.02. The molecule has 1 N–H and O–H groups in total. The predicted octanol–water partition coefficient (Wildman–Crippen LogP) is 2.96. The van der Waals surface area contributed by atoms with E-state index in [0.717, 1.165) is 31.4 Å². The molecule has 1 aromatic carbocycles. The summed E-state index contributed by atoms with van der Waals surface area (Å²) in [7, 11) is 1.81. The molecular weight excluding hydrogens is 268 g/mol. The Labute approximate surface area is 125 Å². The van der Waals surface area contributed by atoms with Gasteiger partial charge in [-0.15, -0.1) is 0 Å². The fourth-order valence-corrected chi connectivity index (χ4v) is 2.79. The summed E-state index contributed by atoms with van der Waals surface area (Å²) in [5.41, 5.74) is 0.744. The lowest BCUT2D eigenvalue weighted by Gasteiger charge is -2.31. The predicted molar refractivity (Wildman–Crippen MR) is 81.5 cm³/mol. The summed E-state index contributed by atoms with van der Waals surface area (Å²) in [5, 5.41) is 8.89. The number of carboxylic acids is 1. The average molecular weight is 290 g/mol. The number of anilines is 1. The zero-order valence-electron chi connectivity index (χ0n) is 12.4. The highest BCUT2D eigenvalue weighted by atomic mass is 16.4. The third kappa shape index (κ3) is 3.97. The number of para-hydroxylation sites is 1. The number of carbonyl (C=O) groups is 2. The molecule has 0 spiro atoms. The van der Waals surface area contributed by atoms with Crippen LogP contribution in [0.3, 0.4) is 0 Å². The van der Waals surface area contributed by atoms with Crippen LogP contribution in [-0.4, -0.2) is 41.6 Å². The number of hydrogen-bond acceptors (Lipinski definition) is 2. The summed E-state index contributed by atoms with van der Waals surface area (Å²) in [4.78, 5) is 26.9. The van der Waals surface area contributed by atoms with E-state index in [9.17, 15) is 9.59 Å². The van der Waals surface area contributed by atoms with Crippen molar-refractivity contribution < 1.29 is 14.7 Å². The summed E-state index contributed by atoms with van der Waals surface area (Å²) in [6.07, 6.45) is 4.32. The molecule has 1 aliphatic carbocycles. The van der Waals surface area contributed by atoms with E-state index in [0.29, 0.717) is 0 Å². The van der Waals surface area contributed by atoms with Gasteiger partial charge in [-0.05, 0) is 25.0 Å². The zero-order valence-corrected chi connectivity index (χ0v) is 12.4. The van der Waals surface area contributed by atoms with Gasteiger partial charge in [-0.1, -0.05) is 31.0 Å². The first-order valence-electron chi connectivity index (χ1n) is 7.41. The number of rotatable bonds is 5. The Morgan fingerprint density at radius 1 is 1.19 bits per heavy atom. The first-order chi connectivity index (χ1) is 10.1. The molecule has 0 aliphatic heterocycles. The molecule has 0 bridgehead atoms. The normalized spacial score (nSPS) is 14.9. The van der Waals surface area contributed by atoms with Gasteiger partial charge < -0.3 is 10.0 Å². The van der Waals surface area contributed by atoms with Crippen LogP contribution < -0.4 is 4.90 Å². The minimum atomic E-state index is -0.896. The van der Waals surface area contributed by atoms with Crippen LogP contribution in [-0.2, 0) is 4.79 Å². The standard InChI is InChI=1S/C16H22N2O3/c1-17(13-7-5-6-8-13)16(21)18(12-11-15(19)20)14-9-3-2-4-10-14/h2-4,9-10,13H,5-8,11-12H2,1H3,(H,19,20). The van der Waals surface area contributed by atoms with Crippen LogP contribution in [0, 0.1) is 0 Å². The molecule has 0 radical (unpaired) electrons. The van der Waals surface area contributed by atoms with Crippen molar-refractivity contribution in [3.8, 4) is 0 Å². The number of benzene rings is 1. The third-order valence-electron chi connectivity index (χ3n) is 4.02. The Morgan fingerprint density at radius 2 is 1.81 bits per heavy atom. The Morgan fingerprint density at radius 3 is 2.38 bits per heavy atom. The second kappa shape index (κ2) is 7.11. The van der Waals surface area contributed by atoms with Crippen molar-refractivity contribution in [2.75, 3.05) is 18.5 Å². The van der Waals surface area contributed by atoms with Crippen LogP contribution in [0.25, 0.3) is 0 Å². The van der Waals surface area contributed by atoms with Crippen LogP contribution in [0.5, 0.6) is 0 Å². The van der Waals surface area contributed by atoms with Crippen molar-refractivity contribution in [2.45, 2.75) is 38.1 Å². The molecule has 0 atom stereocenters. The first-order valence-corrected chi connectivity index (χ1v) is 7.41. The molecule has 2 amide bonds. The van der Waals surface area contributed by atoms with Gasteiger partial charge in [0, 0.05) is 25.3 Å². The summed E-state index contributed by atoms with van der Waals surface area (Å²) in [5.74, 6) is -0.896. The molecule has 0 saturated heterocycles. The van der Waals surface area contributed by atoms with Gasteiger partial charge in [0.25, 0.3) is 0 Å². The van der Waals surface area contributed by atoms with E-state index >= 15 is 0 Å². The zero-order chi connectivity index (χ0) is 15.2. The van der Waals surface area contributed by atoms with Gasteiger partial charge in [-0.2, -0.15) is 0 Å². The molecule has 5 nitrogen and oxygen atoms in total. The van der Waals surface area contributed by atoms with Crippen LogP contribution in [0.1, 0.15) is 32.1 Å². The van der Waals surface area contributed by atoms with E-state index in [4.69, 9.17) is 5.11 Å². The van der Waals surface area contributed by atoms with Gasteiger partial charge in [0.15, 0.2) is 0 Å². The van der Waals surface area contributed by atoms with E-state index in [1.54, 1.807) is 9.80 Å². The SMILES string of the molecule is CN(C(=O)N(CCC(=O)O)c1ccccc1)C1CCCC1. The van der Waals surface area contributed by atoms with Crippen LogP contribution >= 0.6 is 0 Å². The van der Waals surface area contributed by atoms with Gasteiger partial charge >= 0.3 is 12.0 Å². The number of aliphatic carboxylic acids is 1. The van der Waals surface area contributed by atoms with Crippen LogP contribution in [0.15, 0.2) is 30.3 Å². The fraction of sp³-hybridized carbons (Fsp3) is 0.500. The highest BCUT2D eigenvalue weighted by Crippen LogP contribution is 2.24. The summed E-state index contributed by atoms with van der Waals surface area (Å²) >= 11 is 0. The molecule has 0 unspecified atom stereocenters. The fourth-order valence-electron chi connectivity index (χ4n) is 2.79. The summed E-state index contributed by atoms with van der Waals surface area (Å²) in [6.45, 7) is 0.190. The van der Waals surface area contributed by atoms with Gasteiger partial charge in [-0.3, -0.25) is 9.69 Å². The molecule has 1 fully saturated rings. The second-order valence-corrected chi connectivity index (χ2v) is 5.46. The van der Waals surface area contributed by atoms with E-state index in [-0.39, 0.29) is 25.0 Å². The Hall–Kier alpha value is -2.04. The number of carboxylic acid groups (broad SMARTS) is 1. The first kappa shape index (κ1) is 15.4. The lowest BCUT2D eigenvalue weighted by molar-refractivity contribution is -0.136. The molecule has 1 saturated carbocycles. The highest BCUT2D eigenvalue weighted by molar-refractivity contribution is 5.92. The van der Waals surface area contributed by atoms with Crippen molar-refractivity contribution in [1.29, 1.82) is 0 Å². The number of carbonyl (C=O) groups excluding carboxylic acids is 1. The lowest BCUT2D eigenvalue weighted by Crippen LogP contribution is -2.46. The van der Waals surface area contributed by atoms with Crippen molar-refractivity contribution in [3.63, 3.8) is 0 Å². The summed E-state index contributed by atoms with van der Waals surface area (Å²) < 4.78 is 0. The van der Waals surface area contributed by atoms with Gasteiger partial charge in [0.05, 0.1) is 6.42 Å². The Balaban J connectivity index is 2.13. The monoisotopic (exact) mass is 290 g/mol. The maximum atomic E-state index is 12.7. The van der Waals surface area contributed by atoms with Crippen LogP contribution in [0.2, 0.25) is 0 Å². The van der Waals surface area contributed by atoms with Crippen molar-refractivity contribution in [3.05, 3.63) is 30.3 Å². The second-order valence-electron chi connectivity index (χ2n) is 5.46. The van der Waals surface area contributed by atoms with Gasteiger partial charge in [0.2, 0.25) is 0 Å². The number of hydrogen-bond donors (Lipinski definition) is 1. The molecular formula is C16H22N2O3. The Kier molecular flexibility index (Phi) is 5.20. The maximum Gasteiger partial charge on any atom is 0.324 e. The maximum absolute atomic E-state index is 12.7. The molecule has 0 aromatic heterocycles. The van der Waals surface area contributed by atoms with E-state index in [1.807, 2.05) is 37.4 Å². The van der Waals surface area contributed by atoms with Crippen molar-refractivity contribution in [1.82, 2.24) is 4.90 Å². The molecule has 1 aromatic rings. The van der Waals surface area contributed by atoms with E-state index in [2.05, 4.69) is 0 Å². The molecule has 21 heavy (non-hydrogen) atoms. The van der Waals surface area contributed by atoms with Gasteiger partial charge in [-0.25, -0.2) is 4.79 Å². The molecule has 0 heterocycles. The van der Waals surface area contributed by atoms with E-state index in [1.165, 1.54) is 0 Å². The smallest absolute Gasteiger partial charge is 0.324 e. The molecule has 5 heteroatoms. The van der Waals surface area contributed by atoms with Crippen molar-refractivity contribution in [2.24, 2.45) is 0 Å². The van der Waals surface area contributed by atoms with E-state index < -0.39 is 5.97 Å². The number of amides is 2. The van der Waals surface area contributed by atoms with Gasteiger partial charge in [0.1, 0.15) is 0 Å². The Bertz CT molecular complexity index is 484. The molecule has 114 valence electrons. The molecule has 2 rings (SSSR count). The summed E-state index contributed by atoms with van der Waals surface area (Å²) in [6, 6.07) is 9.41. The average Bonchev–Trinajstić information content (AvgIpc) is 3.01. The largest absolute Gasteiger partial charge is 0.481 e. The molecule has 1 aliphatic rings. The van der Waals surface area contributed by atoms with Crippen molar-refractivity contribution >= 4 is 17.7 Å². The minimum Gasteiger partial charge on any atom is -0.481 e. The quantitative estimate of drug-likeness (QED) is 0.907. The minimum absolute atomic E-state index is 0.0564. The number of nitrogens with zero attached hydrogens (tertiary/aromatic N) is 2. The topological polar surface area (TPSA) is 60.9 Å². The lowest BCUT2D eigenvalue weighted by atomic mass is 10.2. The number of urea groups is 1. The highest BCUT2D eigenvalue weighted by Gasteiger charge is 2.27. The van der Waals surface area contributed by atoms with Crippen LogP contribution in [0.4, 0.5) is 10.5 Å².